The molecule has 0 bridgehead atoms. The molecule has 0 aromatic carbocycles. The lowest BCUT2D eigenvalue weighted by Gasteiger charge is -1.30. The van der Waals surface area contributed by atoms with E-state index < -0.39 is 0 Å². The van der Waals surface area contributed by atoms with Crippen molar-refractivity contribution < 1.29 is 0 Å². The van der Waals surface area contributed by atoms with E-state index in [2.05, 4.69) is 8.86 Å². The normalized spacial score (nSPS) is 3.75. The minimum absolute atomic E-state index is 1.24. The van der Waals surface area contributed by atoms with Gasteiger partial charge in [0.1, 0.15) is 0 Å². The maximum Gasteiger partial charge on any atom is 0.0955 e. The molecular formula is C2H2NP. The van der Waals surface area contributed by atoms with E-state index in [1.54, 1.807) is 6.07 Å². The highest BCUT2D eigenvalue weighted by Crippen LogP contribution is 1.43. The molecule has 0 amide bonds. The van der Waals surface area contributed by atoms with Crippen molar-refractivity contribution in [3.8, 4) is 6.07 Å². The van der Waals surface area contributed by atoms with E-state index in [0.717, 1.165) is 0 Å². The van der Waals surface area contributed by atoms with E-state index >= 15 is 0 Å². The first kappa shape index (κ1) is 3.66. The third-order valence-corrected chi connectivity index (χ3v) is 0.194. The lowest BCUT2D eigenvalue weighted by Crippen LogP contribution is -1.38. The van der Waals surface area contributed by atoms with Gasteiger partial charge < -0.3 is 0 Å². The van der Waals surface area contributed by atoms with Crippen molar-refractivity contribution in [3.05, 3.63) is 0 Å². The fraction of sp³-hybridized carbons (Fsp3) is 0. The summed E-state index contributed by atoms with van der Waals surface area (Å²) in [6, 6.07) is 1.72. The first-order valence-electron chi connectivity index (χ1n) is 0.801. The molecule has 0 saturated heterocycles. The minimum atomic E-state index is 1.24. The van der Waals surface area contributed by atoms with Crippen LogP contribution in [0.5, 0.6) is 0 Å². The van der Waals surface area contributed by atoms with Crippen LogP contribution in [0, 0.1) is 11.3 Å². The molecule has 0 atom stereocenters. The molecule has 2 heteroatoms. The summed E-state index contributed by atoms with van der Waals surface area (Å²) in [5.74, 6) is 1.24. The summed E-state index contributed by atoms with van der Waals surface area (Å²) < 4.78 is 0. The fourth-order valence-corrected chi connectivity index (χ4v) is 0. The zero-order valence-corrected chi connectivity index (χ0v) is 3.02. The second kappa shape index (κ2) is 2.66. The average molecular weight is 71.0 g/mol. The largest absolute Gasteiger partial charge is 0.193 e. The summed E-state index contributed by atoms with van der Waals surface area (Å²) in [7, 11) is 2.80. The minimum Gasteiger partial charge on any atom is -0.193 e. The number of nitrogens with zero attached hydrogens (tertiary/aromatic N) is 1. The Morgan fingerprint density at radius 1 is 2.00 bits per heavy atom. The third kappa shape index (κ3) is 1.66. The Balaban J connectivity index is 2.92. The highest BCUT2D eigenvalue weighted by molar-refractivity contribution is 7.19. The van der Waals surface area contributed by atoms with Crippen LogP contribution in [0.25, 0.3) is 0 Å². The van der Waals surface area contributed by atoms with Crippen molar-refractivity contribution in [2.24, 2.45) is 0 Å². The summed E-state index contributed by atoms with van der Waals surface area (Å²) in [5.41, 5.74) is 0. The second-order valence-corrected chi connectivity index (χ2v) is 0.562. The van der Waals surface area contributed by atoms with E-state index in [1.165, 1.54) is 5.80 Å². The molecule has 0 aliphatic carbocycles. The molecule has 1 nitrogen and oxygen atoms in total. The van der Waals surface area contributed by atoms with E-state index in [-0.39, 0.29) is 0 Å². The zero-order chi connectivity index (χ0) is 3.41. The van der Waals surface area contributed by atoms with Gasteiger partial charge >= 0.3 is 0 Å². The van der Waals surface area contributed by atoms with Gasteiger partial charge in [-0.15, -0.1) is 8.86 Å². The number of hydrogen-bond donors (Lipinski definition) is 0. The molecule has 0 aromatic rings. The molecule has 0 rings (SSSR count). The van der Waals surface area contributed by atoms with Crippen LogP contribution in [0.1, 0.15) is 0 Å². The van der Waals surface area contributed by atoms with Crippen molar-refractivity contribution in [3.63, 3.8) is 0 Å². The standard InChI is InChI=1S/C2H2NP/c3-1-2-4/h2,4H. The van der Waals surface area contributed by atoms with Crippen LogP contribution in [-0.4, -0.2) is 5.80 Å². The first-order valence-corrected chi connectivity index (χ1v) is 1.38. The molecule has 0 aliphatic heterocycles. The van der Waals surface area contributed by atoms with Gasteiger partial charge in [-0.1, -0.05) is 0 Å². The van der Waals surface area contributed by atoms with Gasteiger partial charge in [0.15, 0.2) is 0 Å². The molecule has 0 radical (unpaired) electrons. The number of rotatable bonds is 0. The summed E-state index contributed by atoms with van der Waals surface area (Å²) in [6.07, 6.45) is 0. The number of hydrogen-bond acceptors (Lipinski definition) is 1. The number of nitriles is 1. The Hall–Kier alpha value is -0.340. The van der Waals surface area contributed by atoms with Crippen LogP contribution >= 0.6 is 8.86 Å². The predicted octanol–water partition coefficient (Wildman–Crippen LogP) is 0.455. The monoisotopic (exact) mass is 71.0 g/mol. The van der Waals surface area contributed by atoms with Crippen LogP contribution in [0.4, 0.5) is 0 Å². The molecule has 0 saturated carbocycles. The second-order valence-electron chi connectivity index (χ2n) is 0.273. The third-order valence-electron chi connectivity index (χ3n) is 0.0645. The van der Waals surface area contributed by atoms with Crippen molar-refractivity contribution in [2.75, 3.05) is 0 Å². The van der Waals surface area contributed by atoms with Crippen molar-refractivity contribution in [1.82, 2.24) is 0 Å². The lowest BCUT2D eigenvalue weighted by atomic mass is 10.9. The molecule has 20 valence electrons. The molecule has 0 unspecified atom stereocenters. The lowest BCUT2D eigenvalue weighted by molar-refractivity contribution is 1.56. The fourth-order valence-electron chi connectivity index (χ4n) is 0. The van der Waals surface area contributed by atoms with E-state index in [4.69, 9.17) is 5.26 Å². The van der Waals surface area contributed by atoms with Gasteiger partial charge in [-0.25, -0.2) is 0 Å². The van der Waals surface area contributed by atoms with Gasteiger partial charge in [0.05, 0.1) is 6.07 Å². The Bertz CT molecular complexity index is 51.5. The Morgan fingerprint density at radius 3 is 2.25 bits per heavy atom. The molecule has 0 fully saturated rings. The topological polar surface area (TPSA) is 23.8 Å². The van der Waals surface area contributed by atoms with Gasteiger partial charge in [-0.3, -0.25) is 0 Å². The molecule has 0 N–H and O–H groups in total. The first-order chi connectivity index (χ1) is 1.91. The van der Waals surface area contributed by atoms with E-state index in [9.17, 15) is 0 Å². The average Bonchev–Trinajstić information content (AvgIpc) is 1.37. The Labute approximate surface area is 27.1 Å². The molecule has 0 aliphatic rings. The molecule has 4 heavy (non-hydrogen) atoms. The van der Waals surface area contributed by atoms with Crippen molar-refractivity contribution in [1.29, 1.82) is 5.26 Å². The van der Waals surface area contributed by atoms with Crippen LogP contribution < -0.4 is 0 Å². The van der Waals surface area contributed by atoms with Crippen LogP contribution in [0.15, 0.2) is 0 Å². The molecular weight excluding hydrogens is 69.0 g/mol. The molecule has 0 heterocycles. The highest BCUT2D eigenvalue weighted by Gasteiger charge is 1.35. The smallest absolute Gasteiger partial charge is 0.0955 e. The predicted molar refractivity (Wildman–Crippen MR) is 20.0 cm³/mol. The maximum absolute atomic E-state index is 7.52. The van der Waals surface area contributed by atoms with Crippen molar-refractivity contribution >= 4 is 14.7 Å². The van der Waals surface area contributed by atoms with Gasteiger partial charge in [0.25, 0.3) is 0 Å². The summed E-state index contributed by atoms with van der Waals surface area (Å²) in [6.45, 7) is 0. The molecule has 0 aromatic heterocycles. The van der Waals surface area contributed by atoms with E-state index in [0.29, 0.717) is 0 Å². The maximum atomic E-state index is 7.52. The summed E-state index contributed by atoms with van der Waals surface area (Å²) in [4.78, 5) is 0. The van der Waals surface area contributed by atoms with Gasteiger partial charge in [-0.05, 0) is 0 Å². The van der Waals surface area contributed by atoms with Gasteiger partial charge in [-0.2, -0.15) is 5.26 Å². The van der Waals surface area contributed by atoms with Crippen molar-refractivity contribution in [2.45, 2.75) is 0 Å². The zero-order valence-electron chi connectivity index (χ0n) is 2.02. The van der Waals surface area contributed by atoms with Crippen LogP contribution in [0.3, 0.4) is 0 Å². The van der Waals surface area contributed by atoms with Gasteiger partial charge in [0.2, 0.25) is 0 Å². The summed E-state index contributed by atoms with van der Waals surface area (Å²) in [5, 5.41) is 7.52. The SMILES string of the molecule is N#CC=P. The van der Waals surface area contributed by atoms with Crippen LogP contribution in [0.2, 0.25) is 0 Å². The van der Waals surface area contributed by atoms with Gasteiger partial charge in [0, 0.05) is 5.80 Å². The highest BCUT2D eigenvalue weighted by atomic mass is 31.0. The Kier molecular flexibility index (Phi) is 2.43. The Morgan fingerprint density at radius 2 is 2.25 bits per heavy atom. The molecule has 0 spiro atoms. The summed E-state index contributed by atoms with van der Waals surface area (Å²) >= 11 is 0. The quantitative estimate of drug-likeness (QED) is 0.380. The van der Waals surface area contributed by atoms with Crippen LogP contribution in [-0.2, 0) is 0 Å². The van der Waals surface area contributed by atoms with E-state index in [1.807, 2.05) is 0 Å².